The minimum Gasteiger partial charge on any atom is -0.467 e. The molecule has 0 unspecified atom stereocenters. The smallest absolute Gasteiger partial charge is 0.333 e. The number of hydrogen-bond donors (Lipinski definition) is 0. The molecule has 0 aliphatic heterocycles. The van der Waals surface area contributed by atoms with Crippen LogP contribution in [0.1, 0.15) is 11.6 Å². The molecule has 1 heterocycles. The van der Waals surface area contributed by atoms with Gasteiger partial charge in [0.25, 0.3) is 0 Å². The Morgan fingerprint density at radius 2 is 1.29 bits per heavy atom. The molecule has 0 radical (unpaired) electrons. The molecule has 0 bridgehead atoms. The highest BCUT2D eigenvalue weighted by molar-refractivity contribution is 6.09. The lowest BCUT2D eigenvalue weighted by Crippen LogP contribution is -2.22. The van der Waals surface area contributed by atoms with E-state index in [1.54, 1.807) is 0 Å². The van der Waals surface area contributed by atoms with Gasteiger partial charge in [-0.05, 0) is 17.7 Å². The molecule has 0 aliphatic carbocycles. The molecule has 4 rings (SSSR count). The van der Waals surface area contributed by atoms with Crippen molar-refractivity contribution in [1.29, 1.82) is 0 Å². The van der Waals surface area contributed by atoms with Crippen LogP contribution < -0.4 is 0 Å². The van der Waals surface area contributed by atoms with E-state index in [-0.39, 0.29) is 5.97 Å². The van der Waals surface area contributed by atoms with Crippen molar-refractivity contribution in [2.45, 2.75) is 6.04 Å². The van der Waals surface area contributed by atoms with Crippen LogP contribution in [0.5, 0.6) is 0 Å². The molecule has 0 aliphatic rings. The molecule has 4 aromatic rings. The molecule has 0 N–H and O–H groups in total. The van der Waals surface area contributed by atoms with Crippen LogP contribution >= 0.6 is 0 Å². The predicted octanol–water partition coefficient (Wildman–Crippen LogP) is 4.56. The highest BCUT2D eigenvalue weighted by atomic mass is 16.5. The van der Waals surface area contributed by atoms with Crippen molar-refractivity contribution in [3.8, 4) is 0 Å². The molecule has 0 spiro atoms. The van der Waals surface area contributed by atoms with Crippen molar-refractivity contribution < 1.29 is 9.53 Å². The Hall–Kier alpha value is -3.07. The molecular weight excluding hydrogens is 298 g/mol. The van der Waals surface area contributed by atoms with Crippen LogP contribution in [0.4, 0.5) is 0 Å². The first-order valence-corrected chi connectivity index (χ1v) is 7.91. The normalized spacial score (nSPS) is 12.4. The maximum Gasteiger partial charge on any atom is 0.333 e. The van der Waals surface area contributed by atoms with Gasteiger partial charge in [0.05, 0.1) is 18.1 Å². The molecule has 3 aromatic carbocycles. The van der Waals surface area contributed by atoms with Crippen LogP contribution in [0.25, 0.3) is 21.8 Å². The number of carbonyl (C=O) groups is 1. The highest BCUT2D eigenvalue weighted by Crippen LogP contribution is 2.34. The summed E-state index contributed by atoms with van der Waals surface area (Å²) in [7, 11) is 1.44. The van der Waals surface area contributed by atoms with Crippen molar-refractivity contribution >= 4 is 27.8 Å². The average Bonchev–Trinajstić information content (AvgIpc) is 2.98. The second kappa shape index (κ2) is 5.85. The molecule has 24 heavy (non-hydrogen) atoms. The molecule has 3 heteroatoms. The number of carbonyl (C=O) groups excluding carboxylic acids is 1. The lowest BCUT2D eigenvalue weighted by atomic mass is 10.1. The number of esters is 1. The standard InChI is InChI=1S/C21H17NO2/c1-24-21(23)20(15-9-3-2-4-10-15)22-18-13-7-5-11-16(18)17-12-6-8-14-19(17)22/h2-14,20H,1H3/t20-/m1/s1. The van der Waals surface area contributed by atoms with Gasteiger partial charge in [0.15, 0.2) is 6.04 Å². The van der Waals surface area contributed by atoms with Gasteiger partial charge in [-0.25, -0.2) is 4.79 Å². The van der Waals surface area contributed by atoms with E-state index in [0.717, 1.165) is 27.4 Å². The summed E-state index contributed by atoms with van der Waals surface area (Å²) in [5.74, 6) is -0.271. The zero-order valence-electron chi connectivity index (χ0n) is 13.3. The Balaban J connectivity index is 2.10. The summed E-state index contributed by atoms with van der Waals surface area (Å²) >= 11 is 0. The third-order valence-corrected chi connectivity index (χ3v) is 4.42. The summed E-state index contributed by atoms with van der Waals surface area (Å²) in [6.45, 7) is 0. The van der Waals surface area contributed by atoms with Crippen molar-refractivity contribution in [3.05, 3.63) is 84.4 Å². The zero-order valence-corrected chi connectivity index (χ0v) is 13.3. The van der Waals surface area contributed by atoms with Gasteiger partial charge in [0.1, 0.15) is 0 Å². The van der Waals surface area contributed by atoms with Crippen molar-refractivity contribution in [1.82, 2.24) is 4.57 Å². The van der Waals surface area contributed by atoms with E-state index in [2.05, 4.69) is 16.7 Å². The van der Waals surface area contributed by atoms with Gasteiger partial charge in [-0.15, -0.1) is 0 Å². The molecule has 118 valence electrons. The summed E-state index contributed by atoms with van der Waals surface area (Å²) < 4.78 is 7.20. The first kappa shape index (κ1) is 14.5. The van der Waals surface area contributed by atoms with E-state index < -0.39 is 6.04 Å². The van der Waals surface area contributed by atoms with Gasteiger partial charge in [-0.2, -0.15) is 0 Å². The fraction of sp³-hybridized carbons (Fsp3) is 0.0952. The summed E-state index contributed by atoms with van der Waals surface area (Å²) in [5.41, 5.74) is 2.96. The number of rotatable bonds is 3. The van der Waals surface area contributed by atoms with E-state index in [4.69, 9.17) is 4.74 Å². The maximum atomic E-state index is 12.7. The minimum atomic E-state index is -0.513. The molecule has 0 amide bonds. The number of nitrogens with zero attached hydrogens (tertiary/aromatic N) is 1. The quantitative estimate of drug-likeness (QED) is 0.519. The van der Waals surface area contributed by atoms with Gasteiger partial charge >= 0.3 is 5.97 Å². The molecule has 0 saturated heterocycles. The van der Waals surface area contributed by atoms with Crippen LogP contribution in [-0.4, -0.2) is 17.6 Å². The van der Waals surface area contributed by atoms with Crippen LogP contribution in [-0.2, 0) is 9.53 Å². The Kier molecular flexibility index (Phi) is 3.54. The lowest BCUT2D eigenvalue weighted by Gasteiger charge is -2.19. The summed E-state index contributed by atoms with van der Waals surface area (Å²) in [6, 6.07) is 25.6. The monoisotopic (exact) mass is 315 g/mol. The van der Waals surface area contributed by atoms with E-state index in [1.807, 2.05) is 66.7 Å². The van der Waals surface area contributed by atoms with Gasteiger partial charge in [-0.3, -0.25) is 0 Å². The maximum absolute atomic E-state index is 12.7. The summed E-state index contributed by atoms with van der Waals surface area (Å²) in [5, 5.41) is 2.27. The number of methoxy groups -OCH3 is 1. The number of benzene rings is 3. The fourth-order valence-electron chi connectivity index (χ4n) is 3.37. The number of para-hydroxylation sites is 2. The first-order chi connectivity index (χ1) is 11.8. The molecule has 1 atom stereocenters. The van der Waals surface area contributed by atoms with E-state index >= 15 is 0 Å². The van der Waals surface area contributed by atoms with E-state index in [9.17, 15) is 4.79 Å². The molecular formula is C21H17NO2. The Bertz CT molecular complexity index is 965. The zero-order chi connectivity index (χ0) is 16.5. The lowest BCUT2D eigenvalue weighted by molar-refractivity contribution is -0.143. The fourth-order valence-corrected chi connectivity index (χ4v) is 3.37. The summed E-state index contributed by atoms with van der Waals surface area (Å²) in [4.78, 5) is 12.7. The number of ether oxygens (including phenoxy) is 1. The second-order valence-electron chi connectivity index (χ2n) is 5.74. The van der Waals surface area contributed by atoms with Crippen molar-refractivity contribution in [3.63, 3.8) is 0 Å². The second-order valence-corrected chi connectivity index (χ2v) is 5.74. The van der Waals surface area contributed by atoms with E-state index in [0.29, 0.717) is 0 Å². The van der Waals surface area contributed by atoms with Crippen molar-refractivity contribution in [2.24, 2.45) is 0 Å². The topological polar surface area (TPSA) is 31.2 Å². The molecule has 0 saturated carbocycles. The Morgan fingerprint density at radius 1 is 0.792 bits per heavy atom. The van der Waals surface area contributed by atoms with Crippen molar-refractivity contribution in [2.75, 3.05) is 7.11 Å². The predicted molar refractivity (Wildman–Crippen MR) is 96.0 cm³/mol. The van der Waals surface area contributed by atoms with Crippen LogP contribution in [0.15, 0.2) is 78.9 Å². The van der Waals surface area contributed by atoms with Gasteiger partial charge in [0, 0.05) is 10.8 Å². The number of hydrogen-bond acceptors (Lipinski definition) is 2. The Labute approximate surface area is 140 Å². The SMILES string of the molecule is COC(=O)[C@@H](c1ccccc1)n1c2ccccc2c2ccccc21. The van der Waals surface area contributed by atoms with Gasteiger partial charge in [-0.1, -0.05) is 66.7 Å². The van der Waals surface area contributed by atoms with Gasteiger partial charge in [0.2, 0.25) is 0 Å². The summed E-state index contributed by atoms with van der Waals surface area (Å²) in [6.07, 6.45) is 0. The van der Waals surface area contributed by atoms with Crippen LogP contribution in [0.2, 0.25) is 0 Å². The van der Waals surface area contributed by atoms with Crippen LogP contribution in [0, 0.1) is 0 Å². The van der Waals surface area contributed by atoms with E-state index in [1.165, 1.54) is 7.11 Å². The minimum absolute atomic E-state index is 0.271. The highest BCUT2D eigenvalue weighted by Gasteiger charge is 2.26. The van der Waals surface area contributed by atoms with Crippen LogP contribution in [0.3, 0.4) is 0 Å². The molecule has 1 aromatic heterocycles. The average molecular weight is 315 g/mol. The number of aromatic nitrogens is 1. The molecule has 0 fully saturated rings. The van der Waals surface area contributed by atoms with Gasteiger partial charge < -0.3 is 9.30 Å². The first-order valence-electron chi connectivity index (χ1n) is 7.91. The number of fused-ring (bicyclic) bond motifs is 3. The third kappa shape index (κ3) is 2.17. The molecule has 3 nitrogen and oxygen atoms in total. The third-order valence-electron chi connectivity index (χ3n) is 4.42. The largest absolute Gasteiger partial charge is 0.467 e. The Morgan fingerprint density at radius 3 is 1.83 bits per heavy atom.